The highest BCUT2D eigenvalue weighted by Gasteiger charge is 2.34. The fourth-order valence-corrected chi connectivity index (χ4v) is 4.63. The van der Waals surface area contributed by atoms with Gasteiger partial charge in [0.05, 0.1) is 0 Å². The van der Waals surface area contributed by atoms with E-state index in [2.05, 4.69) is 12.2 Å². The van der Waals surface area contributed by atoms with Gasteiger partial charge in [0.15, 0.2) is 0 Å². The fourth-order valence-electron chi connectivity index (χ4n) is 4.63. The zero-order chi connectivity index (χ0) is 13.0. The molecule has 0 heterocycles. The van der Waals surface area contributed by atoms with Gasteiger partial charge in [-0.25, -0.2) is 0 Å². The first-order valence-electron chi connectivity index (χ1n) is 8.74. The van der Waals surface area contributed by atoms with E-state index in [4.69, 9.17) is 0 Å². The summed E-state index contributed by atoms with van der Waals surface area (Å²) in [5, 5.41) is 0. The molecule has 0 nitrogen and oxygen atoms in total. The zero-order valence-electron chi connectivity index (χ0n) is 12.6. The molecule has 0 N–H and O–H groups in total. The predicted molar refractivity (Wildman–Crippen MR) is 83.2 cm³/mol. The summed E-state index contributed by atoms with van der Waals surface area (Å²) in [5.41, 5.74) is 4.22. The largest absolute Gasteiger partial charge is 0.0702 e. The van der Waals surface area contributed by atoms with Gasteiger partial charge in [-0.2, -0.15) is 0 Å². The average Bonchev–Trinajstić information content (AvgIpc) is 2.47. The number of hydrogen-bond acceptors (Lipinski definition) is 0. The van der Waals surface area contributed by atoms with Crippen LogP contribution in [0.5, 0.6) is 0 Å². The Morgan fingerprint density at radius 1 is 0.579 bits per heavy atom. The Kier molecular flexibility index (Phi) is 4.45. The van der Waals surface area contributed by atoms with Crippen molar-refractivity contribution in [1.29, 1.82) is 0 Å². The van der Waals surface area contributed by atoms with Gasteiger partial charge in [0.25, 0.3) is 0 Å². The van der Waals surface area contributed by atoms with Crippen LogP contribution < -0.4 is 0 Å². The monoisotopic (exact) mass is 258 g/mol. The molecule has 0 unspecified atom stereocenters. The van der Waals surface area contributed by atoms with Crippen molar-refractivity contribution in [3.05, 3.63) is 23.3 Å². The highest BCUT2D eigenvalue weighted by molar-refractivity contribution is 5.21. The maximum Gasteiger partial charge on any atom is -0.0260 e. The van der Waals surface area contributed by atoms with E-state index in [0.29, 0.717) is 0 Å². The Hall–Kier alpha value is -0.520. The molecule has 0 bridgehead atoms. The van der Waals surface area contributed by atoms with Gasteiger partial charge in [0, 0.05) is 0 Å². The van der Waals surface area contributed by atoms with Gasteiger partial charge in [0.2, 0.25) is 0 Å². The number of rotatable bonds is 1. The van der Waals surface area contributed by atoms with Gasteiger partial charge >= 0.3 is 0 Å². The highest BCUT2D eigenvalue weighted by atomic mass is 14.4. The van der Waals surface area contributed by atoms with Crippen LogP contribution >= 0.6 is 0 Å². The van der Waals surface area contributed by atoms with E-state index in [-0.39, 0.29) is 0 Å². The third-order valence-corrected chi connectivity index (χ3v) is 5.77. The molecule has 3 rings (SSSR count). The van der Waals surface area contributed by atoms with Crippen molar-refractivity contribution in [3.8, 4) is 0 Å². The lowest BCUT2D eigenvalue weighted by atomic mass is 9.64. The van der Waals surface area contributed by atoms with Crippen LogP contribution in [0.2, 0.25) is 0 Å². The van der Waals surface area contributed by atoms with Crippen molar-refractivity contribution in [2.75, 3.05) is 0 Å². The van der Waals surface area contributed by atoms with Gasteiger partial charge in [-0.05, 0) is 69.6 Å². The molecular weight excluding hydrogens is 228 g/mol. The first kappa shape index (κ1) is 13.5. The number of allylic oxidation sites excluding steroid dienone is 4. The molecule has 3 aliphatic carbocycles. The van der Waals surface area contributed by atoms with Crippen molar-refractivity contribution in [1.82, 2.24) is 0 Å². The van der Waals surface area contributed by atoms with Crippen molar-refractivity contribution in [2.45, 2.75) is 89.9 Å². The van der Waals surface area contributed by atoms with Crippen molar-refractivity contribution < 1.29 is 0 Å². The smallest absolute Gasteiger partial charge is 0.0260 e. The Bertz CT molecular complexity index is 339. The normalized spacial score (nSPS) is 29.7. The Balaban J connectivity index is 1.63. The van der Waals surface area contributed by atoms with E-state index < -0.39 is 0 Å². The van der Waals surface area contributed by atoms with Crippen LogP contribution in [-0.4, -0.2) is 0 Å². The number of hydrogen-bond donors (Lipinski definition) is 0. The second kappa shape index (κ2) is 6.29. The van der Waals surface area contributed by atoms with Crippen LogP contribution in [-0.2, 0) is 0 Å². The molecule has 3 saturated carbocycles. The van der Waals surface area contributed by atoms with E-state index in [0.717, 1.165) is 5.41 Å². The SMILES string of the molecule is C(/C=C1/CCCC2(CCCCC2)C1)=C1CCCCC1. The minimum atomic E-state index is 0.730. The van der Waals surface area contributed by atoms with E-state index >= 15 is 0 Å². The molecule has 1 spiro atoms. The summed E-state index contributed by atoms with van der Waals surface area (Å²) < 4.78 is 0. The molecule has 0 aromatic rings. The van der Waals surface area contributed by atoms with Crippen LogP contribution in [0.25, 0.3) is 0 Å². The van der Waals surface area contributed by atoms with Crippen LogP contribution in [0.1, 0.15) is 89.9 Å². The average molecular weight is 258 g/mol. The Morgan fingerprint density at radius 3 is 1.95 bits per heavy atom. The van der Waals surface area contributed by atoms with E-state index in [9.17, 15) is 0 Å². The summed E-state index contributed by atoms with van der Waals surface area (Å²) in [7, 11) is 0. The van der Waals surface area contributed by atoms with E-state index in [1.807, 2.05) is 0 Å². The molecule has 0 atom stereocenters. The summed E-state index contributed by atoms with van der Waals surface area (Å²) in [6.07, 6.45) is 25.4. The Morgan fingerprint density at radius 2 is 1.16 bits per heavy atom. The molecule has 0 aromatic heterocycles. The maximum absolute atomic E-state index is 2.52. The van der Waals surface area contributed by atoms with E-state index in [1.165, 1.54) is 89.9 Å². The minimum absolute atomic E-state index is 0.730. The molecular formula is C19H30. The second-order valence-electron chi connectivity index (χ2n) is 7.30. The molecule has 0 radical (unpaired) electrons. The van der Waals surface area contributed by atoms with Crippen LogP contribution in [0.15, 0.2) is 23.3 Å². The molecule has 0 heteroatoms. The van der Waals surface area contributed by atoms with E-state index in [1.54, 1.807) is 11.1 Å². The summed E-state index contributed by atoms with van der Waals surface area (Å²) in [5.74, 6) is 0. The third kappa shape index (κ3) is 3.52. The lowest BCUT2D eigenvalue weighted by Gasteiger charge is -2.41. The van der Waals surface area contributed by atoms with Crippen molar-refractivity contribution >= 4 is 0 Å². The third-order valence-electron chi connectivity index (χ3n) is 5.77. The van der Waals surface area contributed by atoms with Gasteiger partial charge in [-0.1, -0.05) is 49.0 Å². The van der Waals surface area contributed by atoms with Gasteiger partial charge in [-0.3, -0.25) is 0 Å². The highest BCUT2D eigenvalue weighted by Crippen LogP contribution is 2.49. The lowest BCUT2D eigenvalue weighted by Crippen LogP contribution is -2.27. The summed E-state index contributed by atoms with van der Waals surface area (Å²) in [4.78, 5) is 0. The molecule has 0 amide bonds. The second-order valence-corrected chi connectivity index (χ2v) is 7.30. The fraction of sp³-hybridized carbons (Fsp3) is 0.789. The summed E-state index contributed by atoms with van der Waals surface area (Å²) >= 11 is 0. The molecule has 0 saturated heterocycles. The first-order valence-corrected chi connectivity index (χ1v) is 8.74. The molecule has 3 aliphatic rings. The molecule has 19 heavy (non-hydrogen) atoms. The minimum Gasteiger partial charge on any atom is -0.0702 e. The van der Waals surface area contributed by atoms with Gasteiger partial charge in [-0.15, -0.1) is 0 Å². The first-order chi connectivity index (χ1) is 9.36. The predicted octanol–water partition coefficient (Wildman–Crippen LogP) is 6.33. The molecule has 106 valence electrons. The summed E-state index contributed by atoms with van der Waals surface area (Å²) in [6, 6.07) is 0. The standard InChI is InChI=1S/C19H30/c1-3-8-17(9-4-1)11-12-18-10-7-15-19(16-18)13-5-2-6-14-19/h11-12H,1-10,13-16H2/b18-12-. The molecule has 0 aromatic carbocycles. The van der Waals surface area contributed by atoms with Crippen molar-refractivity contribution in [2.24, 2.45) is 5.41 Å². The van der Waals surface area contributed by atoms with Gasteiger partial charge < -0.3 is 0 Å². The van der Waals surface area contributed by atoms with Crippen LogP contribution in [0, 0.1) is 5.41 Å². The molecule has 0 aliphatic heterocycles. The van der Waals surface area contributed by atoms with Crippen LogP contribution in [0.4, 0.5) is 0 Å². The Labute approximate surface area is 119 Å². The van der Waals surface area contributed by atoms with Crippen molar-refractivity contribution in [3.63, 3.8) is 0 Å². The zero-order valence-corrected chi connectivity index (χ0v) is 12.6. The molecule has 3 fully saturated rings. The van der Waals surface area contributed by atoms with Crippen LogP contribution in [0.3, 0.4) is 0 Å². The summed E-state index contributed by atoms with van der Waals surface area (Å²) in [6.45, 7) is 0. The quantitative estimate of drug-likeness (QED) is 0.515. The topological polar surface area (TPSA) is 0 Å². The maximum atomic E-state index is 2.52. The lowest BCUT2D eigenvalue weighted by molar-refractivity contribution is 0.150. The van der Waals surface area contributed by atoms with Gasteiger partial charge in [0.1, 0.15) is 0 Å².